The van der Waals surface area contributed by atoms with Gasteiger partial charge in [0.2, 0.25) is 5.91 Å². The van der Waals surface area contributed by atoms with Crippen molar-refractivity contribution in [2.75, 3.05) is 13.1 Å². The highest BCUT2D eigenvalue weighted by Gasteiger charge is 2.16. The first-order chi connectivity index (χ1) is 11.1. The van der Waals surface area contributed by atoms with Crippen LogP contribution in [0.15, 0.2) is 42.5 Å². The monoisotopic (exact) mass is 313 g/mol. The lowest BCUT2D eigenvalue weighted by molar-refractivity contribution is -0.128. The van der Waals surface area contributed by atoms with Crippen molar-refractivity contribution >= 4 is 5.91 Å². The van der Waals surface area contributed by atoms with Crippen LogP contribution in [0.2, 0.25) is 0 Å². The van der Waals surface area contributed by atoms with Crippen molar-refractivity contribution in [3.05, 3.63) is 65.0 Å². The summed E-state index contributed by atoms with van der Waals surface area (Å²) < 4.78 is 19.0. The molecule has 0 N–H and O–H groups in total. The number of nitrogens with zero attached hydrogens (tertiary/aromatic N) is 1. The molecule has 3 nitrogen and oxygen atoms in total. The molecule has 0 unspecified atom stereocenters. The first kappa shape index (κ1) is 15.5. The molecule has 23 heavy (non-hydrogen) atoms. The van der Waals surface area contributed by atoms with Gasteiger partial charge in [-0.3, -0.25) is 4.79 Å². The summed E-state index contributed by atoms with van der Waals surface area (Å²) in [4.78, 5) is 13.4. The van der Waals surface area contributed by atoms with Gasteiger partial charge in [-0.2, -0.15) is 0 Å². The zero-order chi connectivity index (χ0) is 16.2. The Morgan fingerprint density at radius 2 is 1.91 bits per heavy atom. The molecular formula is C19H20FNO2. The van der Waals surface area contributed by atoms with Gasteiger partial charge in [0, 0.05) is 20.0 Å². The maximum Gasteiger partial charge on any atom is 0.219 e. The SMILES string of the molecule is CC(=O)N1CCc2ccc(OCc3cccc(F)c3)cc2CC1. The number of hydrogen-bond donors (Lipinski definition) is 0. The quantitative estimate of drug-likeness (QED) is 0.869. The molecule has 2 aromatic carbocycles. The molecule has 120 valence electrons. The van der Waals surface area contributed by atoms with Crippen molar-refractivity contribution in [1.29, 1.82) is 0 Å². The predicted octanol–water partition coefficient (Wildman–Crippen LogP) is 3.35. The molecule has 0 atom stereocenters. The zero-order valence-electron chi connectivity index (χ0n) is 13.2. The average Bonchev–Trinajstić information content (AvgIpc) is 2.75. The smallest absolute Gasteiger partial charge is 0.219 e. The summed E-state index contributed by atoms with van der Waals surface area (Å²) in [5.41, 5.74) is 3.31. The summed E-state index contributed by atoms with van der Waals surface area (Å²) in [5.74, 6) is 0.655. The third-order valence-electron chi connectivity index (χ3n) is 4.22. The fourth-order valence-corrected chi connectivity index (χ4v) is 2.90. The lowest BCUT2D eigenvalue weighted by Crippen LogP contribution is -2.30. The van der Waals surface area contributed by atoms with E-state index in [1.54, 1.807) is 13.0 Å². The van der Waals surface area contributed by atoms with Gasteiger partial charge in [0.05, 0.1) is 0 Å². The Bertz CT molecular complexity index is 714. The predicted molar refractivity (Wildman–Crippen MR) is 86.8 cm³/mol. The number of carbonyl (C=O) groups is 1. The van der Waals surface area contributed by atoms with Gasteiger partial charge in [0.25, 0.3) is 0 Å². The molecular weight excluding hydrogens is 293 g/mol. The third-order valence-corrected chi connectivity index (χ3v) is 4.22. The van der Waals surface area contributed by atoms with E-state index in [2.05, 4.69) is 6.07 Å². The first-order valence-corrected chi connectivity index (χ1v) is 7.86. The highest BCUT2D eigenvalue weighted by atomic mass is 19.1. The van der Waals surface area contributed by atoms with E-state index in [0.29, 0.717) is 6.61 Å². The van der Waals surface area contributed by atoms with Crippen LogP contribution in [0.1, 0.15) is 23.6 Å². The fourth-order valence-electron chi connectivity index (χ4n) is 2.90. The molecule has 0 saturated carbocycles. The summed E-state index contributed by atoms with van der Waals surface area (Å²) in [5, 5.41) is 0. The third kappa shape index (κ3) is 3.89. The van der Waals surface area contributed by atoms with Crippen LogP contribution in [0.4, 0.5) is 4.39 Å². The normalized spacial score (nSPS) is 14.1. The highest BCUT2D eigenvalue weighted by Crippen LogP contribution is 2.23. The zero-order valence-corrected chi connectivity index (χ0v) is 13.2. The second-order valence-electron chi connectivity index (χ2n) is 5.86. The molecule has 0 aromatic heterocycles. The topological polar surface area (TPSA) is 29.5 Å². The number of benzene rings is 2. The minimum Gasteiger partial charge on any atom is -0.489 e. The molecule has 1 amide bonds. The summed E-state index contributed by atoms with van der Waals surface area (Å²) in [6.07, 6.45) is 1.71. The Labute approximate surface area is 135 Å². The van der Waals surface area contributed by atoms with Crippen LogP contribution in [-0.2, 0) is 24.2 Å². The molecule has 4 heteroatoms. The molecule has 1 heterocycles. The molecule has 0 aliphatic carbocycles. The van der Waals surface area contributed by atoms with E-state index in [1.807, 2.05) is 23.1 Å². The number of carbonyl (C=O) groups excluding carboxylic acids is 1. The Kier molecular flexibility index (Phi) is 4.60. The summed E-state index contributed by atoms with van der Waals surface area (Å²) in [6.45, 7) is 3.47. The van der Waals surface area contributed by atoms with Crippen LogP contribution in [0.25, 0.3) is 0 Å². The first-order valence-electron chi connectivity index (χ1n) is 7.86. The number of ether oxygens (including phenoxy) is 1. The number of halogens is 1. The van der Waals surface area contributed by atoms with Gasteiger partial charge < -0.3 is 9.64 Å². The molecule has 0 fully saturated rings. The molecule has 2 aromatic rings. The minimum atomic E-state index is -0.252. The van der Waals surface area contributed by atoms with Crippen molar-refractivity contribution in [2.24, 2.45) is 0 Å². The second kappa shape index (κ2) is 6.82. The largest absolute Gasteiger partial charge is 0.489 e. The van der Waals surface area contributed by atoms with Gasteiger partial charge in [0.15, 0.2) is 0 Å². The van der Waals surface area contributed by atoms with E-state index >= 15 is 0 Å². The van der Waals surface area contributed by atoms with Crippen molar-refractivity contribution in [1.82, 2.24) is 4.90 Å². The van der Waals surface area contributed by atoms with E-state index < -0.39 is 0 Å². The van der Waals surface area contributed by atoms with E-state index in [-0.39, 0.29) is 11.7 Å². The molecule has 0 spiro atoms. The van der Waals surface area contributed by atoms with Crippen LogP contribution in [0.5, 0.6) is 5.75 Å². The fraction of sp³-hybridized carbons (Fsp3) is 0.316. The van der Waals surface area contributed by atoms with Crippen LogP contribution < -0.4 is 4.74 Å². The van der Waals surface area contributed by atoms with Crippen LogP contribution in [0.3, 0.4) is 0 Å². The Hall–Kier alpha value is -2.36. The molecule has 0 saturated heterocycles. The van der Waals surface area contributed by atoms with E-state index in [0.717, 1.165) is 37.2 Å². The van der Waals surface area contributed by atoms with Gasteiger partial charge in [-0.1, -0.05) is 18.2 Å². The van der Waals surface area contributed by atoms with E-state index in [1.165, 1.54) is 23.3 Å². The van der Waals surface area contributed by atoms with Gasteiger partial charge >= 0.3 is 0 Å². The average molecular weight is 313 g/mol. The van der Waals surface area contributed by atoms with Crippen molar-refractivity contribution < 1.29 is 13.9 Å². The standard InChI is InChI=1S/C19H20FNO2/c1-14(22)21-9-7-16-5-6-19(12-17(16)8-10-21)23-13-15-3-2-4-18(20)11-15/h2-6,11-12H,7-10,13H2,1H3. The molecule has 0 radical (unpaired) electrons. The highest BCUT2D eigenvalue weighted by molar-refractivity contribution is 5.73. The molecule has 1 aliphatic heterocycles. The van der Waals surface area contributed by atoms with Crippen LogP contribution in [0, 0.1) is 5.82 Å². The number of fused-ring (bicyclic) bond motifs is 1. The van der Waals surface area contributed by atoms with Gasteiger partial charge in [-0.05, 0) is 53.8 Å². The second-order valence-corrected chi connectivity index (χ2v) is 5.86. The number of rotatable bonds is 3. The Balaban J connectivity index is 1.68. The van der Waals surface area contributed by atoms with Crippen LogP contribution >= 0.6 is 0 Å². The molecule has 1 aliphatic rings. The lowest BCUT2D eigenvalue weighted by Gasteiger charge is -2.17. The summed E-state index contributed by atoms with van der Waals surface area (Å²) >= 11 is 0. The number of hydrogen-bond acceptors (Lipinski definition) is 2. The summed E-state index contributed by atoms with van der Waals surface area (Å²) in [6, 6.07) is 12.5. The van der Waals surface area contributed by atoms with Crippen molar-refractivity contribution in [2.45, 2.75) is 26.4 Å². The van der Waals surface area contributed by atoms with Crippen molar-refractivity contribution in [3.63, 3.8) is 0 Å². The Morgan fingerprint density at radius 1 is 1.13 bits per heavy atom. The molecule has 3 rings (SSSR count). The van der Waals surface area contributed by atoms with E-state index in [4.69, 9.17) is 4.74 Å². The number of amides is 1. The molecule has 0 bridgehead atoms. The summed E-state index contributed by atoms with van der Waals surface area (Å²) in [7, 11) is 0. The lowest BCUT2D eigenvalue weighted by atomic mass is 10.0. The van der Waals surface area contributed by atoms with Gasteiger partial charge in [0.1, 0.15) is 18.2 Å². The van der Waals surface area contributed by atoms with Crippen LogP contribution in [-0.4, -0.2) is 23.9 Å². The van der Waals surface area contributed by atoms with Gasteiger partial charge in [-0.25, -0.2) is 4.39 Å². The van der Waals surface area contributed by atoms with Crippen molar-refractivity contribution in [3.8, 4) is 5.75 Å². The Morgan fingerprint density at radius 3 is 2.65 bits per heavy atom. The van der Waals surface area contributed by atoms with Gasteiger partial charge in [-0.15, -0.1) is 0 Å². The maximum atomic E-state index is 13.2. The van der Waals surface area contributed by atoms with E-state index in [9.17, 15) is 9.18 Å². The minimum absolute atomic E-state index is 0.125. The maximum absolute atomic E-state index is 13.2.